The number of allylic oxidation sites excluding steroid dienone is 3. The number of Topliss-reactive ketones (excluding diaryl/α,β-unsaturated/α-hetero) is 2. The number of imide groups is 1. The standard InChI is InChI=1S/C26H22N2O4S/c1-26(2)13-20(29)18(21(30)14-26)11-12-23-27(19-9-5-6-10-22(19)33-23)15-28-24(31)16-7-3-4-8-17(16)25(28)32/h3-12H,13-15H2,1-2H3/b23-12-. The maximum absolute atomic E-state index is 12.9. The van der Waals surface area contributed by atoms with Gasteiger partial charge in [0.1, 0.15) is 6.67 Å². The van der Waals surface area contributed by atoms with Crippen LogP contribution in [0.25, 0.3) is 0 Å². The van der Waals surface area contributed by atoms with Crippen LogP contribution in [0.5, 0.6) is 0 Å². The Bertz CT molecular complexity index is 1230. The van der Waals surface area contributed by atoms with Crippen molar-refractivity contribution >= 4 is 40.8 Å². The number of benzene rings is 2. The minimum Gasteiger partial charge on any atom is -0.316 e. The van der Waals surface area contributed by atoms with Crippen LogP contribution < -0.4 is 4.90 Å². The van der Waals surface area contributed by atoms with E-state index in [2.05, 4.69) is 0 Å². The zero-order chi connectivity index (χ0) is 23.3. The minimum absolute atomic E-state index is 0.0420. The van der Waals surface area contributed by atoms with E-state index in [9.17, 15) is 19.2 Å². The second-order valence-corrected chi connectivity index (χ2v) is 10.2. The first-order valence-corrected chi connectivity index (χ1v) is 11.5. The third-order valence-corrected chi connectivity index (χ3v) is 7.20. The molecule has 33 heavy (non-hydrogen) atoms. The fourth-order valence-corrected chi connectivity index (χ4v) is 5.51. The molecule has 0 spiro atoms. The van der Waals surface area contributed by atoms with E-state index in [0.29, 0.717) is 24.0 Å². The number of fused-ring (bicyclic) bond motifs is 2. The molecule has 2 amide bonds. The minimum atomic E-state index is -0.331. The summed E-state index contributed by atoms with van der Waals surface area (Å²) in [5.41, 5.74) is 1.55. The highest BCUT2D eigenvalue weighted by Gasteiger charge is 2.39. The van der Waals surface area contributed by atoms with Gasteiger partial charge in [-0.3, -0.25) is 24.1 Å². The summed E-state index contributed by atoms with van der Waals surface area (Å²) in [6.07, 6.45) is 4.00. The van der Waals surface area contributed by atoms with E-state index < -0.39 is 0 Å². The van der Waals surface area contributed by atoms with E-state index in [4.69, 9.17) is 0 Å². The molecule has 2 aromatic carbocycles. The highest BCUT2D eigenvalue weighted by Crippen LogP contribution is 2.46. The van der Waals surface area contributed by atoms with Crippen molar-refractivity contribution in [1.82, 2.24) is 4.90 Å². The largest absolute Gasteiger partial charge is 0.316 e. The van der Waals surface area contributed by atoms with Crippen molar-refractivity contribution in [3.05, 3.63) is 82.4 Å². The second kappa shape index (κ2) is 7.85. The third kappa shape index (κ3) is 3.72. The maximum Gasteiger partial charge on any atom is 0.263 e. The van der Waals surface area contributed by atoms with Crippen molar-refractivity contribution < 1.29 is 19.2 Å². The molecule has 2 heterocycles. The molecule has 1 fully saturated rings. The molecule has 6 nitrogen and oxygen atoms in total. The number of thioether (sulfide) groups is 1. The van der Waals surface area contributed by atoms with Crippen LogP contribution in [0, 0.1) is 5.41 Å². The lowest BCUT2D eigenvalue weighted by Gasteiger charge is -2.28. The summed E-state index contributed by atoms with van der Waals surface area (Å²) in [6.45, 7) is 3.89. The Hall–Kier alpha value is -3.45. The van der Waals surface area contributed by atoms with E-state index in [1.807, 2.05) is 43.0 Å². The first-order chi connectivity index (χ1) is 15.7. The van der Waals surface area contributed by atoms with E-state index in [1.165, 1.54) is 16.7 Å². The first-order valence-electron chi connectivity index (χ1n) is 10.7. The van der Waals surface area contributed by atoms with Crippen LogP contribution in [-0.4, -0.2) is 34.9 Å². The summed E-state index contributed by atoms with van der Waals surface area (Å²) in [4.78, 5) is 55.1. The van der Waals surface area contributed by atoms with Gasteiger partial charge >= 0.3 is 0 Å². The van der Waals surface area contributed by atoms with Gasteiger partial charge in [-0.05, 0) is 41.8 Å². The van der Waals surface area contributed by atoms with Crippen LogP contribution in [0.3, 0.4) is 0 Å². The Morgan fingerprint density at radius 1 is 0.818 bits per heavy atom. The fraction of sp³-hybridized carbons (Fsp3) is 0.231. The van der Waals surface area contributed by atoms with Crippen molar-refractivity contribution in [2.75, 3.05) is 11.6 Å². The number of carbonyl (C=O) groups is 4. The van der Waals surface area contributed by atoms with Crippen LogP contribution in [0.1, 0.15) is 47.4 Å². The molecule has 0 saturated heterocycles. The molecule has 1 aliphatic carbocycles. The van der Waals surface area contributed by atoms with Gasteiger partial charge in [0.25, 0.3) is 11.8 Å². The summed E-state index contributed by atoms with van der Waals surface area (Å²) < 4.78 is 0. The topological polar surface area (TPSA) is 74.8 Å². The Labute approximate surface area is 195 Å². The van der Waals surface area contributed by atoms with Gasteiger partial charge in [0.05, 0.1) is 27.4 Å². The molecule has 2 aromatic rings. The smallest absolute Gasteiger partial charge is 0.263 e. The zero-order valence-electron chi connectivity index (χ0n) is 18.3. The summed E-state index contributed by atoms with van der Waals surface area (Å²) >= 11 is 1.48. The molecular formula is C26H22N2O4S. The van der Waals surface area contributed by atoms with Crippen molar-refractivity contribution in [2.24, 2.45) is 5.41 Å². The highest BCUT2D eigenvalue weighted by atomic mass is 32.2. The molecule has 0 aromatic heterocycles. The van der Waals surface area contributed by atoms with E-state index in [1.54, 1.807) is 36.4 Å². The summed E-state index contributed by atoms with van der Waals surface area (Å²) in [5, 5.41) is 0.741. The summed E-state index contributed by atoms with van der Waals surface area (Å²) in [5.74, 6) is -0.967. The Balaban J connectivity index is 1.48. The molecule has 3 aliphatic rings. The van der Waals surface area contributed by atoms with Crippen LogP contribution in [0.4, 0.5) is 5.69 Å². The van der Waals surface area contributed by atoms with Gasteiger partial charge in [-0.1, -0.05) is 49.9 Å². The molecule has 166 valence electrons. The van der Waals surface area contributed by atoms with Gasteiger partial charge in [0.15, 0.2) is 11.6 Å². The van der Waals surface area contributed by atoms with Gasteiger partial charge in [0.2, 0.25) is 0 Å². The number of hydrogen-bond donors (Lipinski definition) is 0. The number of carbonyl (C=O) groups excluding carboxylic acids is 4. The van der Waals surface area contributed by atoms with Crippen LogP contribution in [0.2, 0.25) is 0 Å². The Kier molecular flexibility index (Phi) is 5.09. The molecule has 2 aliphatic heterocycles. The van der Waals surface area contributed by atoms with E-state index in [0.717, 1.165) is 15.6 Å². The average molecular weight is 459 g/mol. The molecule has 5 rings (SSSR count). The predicted molar refractivity (Wildman–Crippen MR) is 126 cm³/mol. The quantitative estimate of drug-likeness (QED) is 0.381. The second-order valence-electron chi connectivity index (χ2n) is 9.17. The van der Waals surface area contributed by atoms with Gasteiger partial charge in [-0.15, -0.1) is 0 Å². The van der Waals surface area contributed by atoms with Gasteiger partial charge < -0.3 is 4.90 Å². The number of rotatable bonds is 3. The number of para-hydroxylation sites is 1. The molecule has 0 bridgehead atoms. The normalized spacial score (nSPS) is 20.5. The van der Waals surface area contributed by atoms with E-state index in [-0.39, 0.29) is 41.0 Å². The summed E-state index contributed by atoms with van der Waals surface area (Å²) in [7, 11) is 0. The van der Waals surface area contributed by atoms with Crippen LogP contribution >= 0.6 is 11.8 Å². The number of ketones is 2. The number of nitrogens with zero attached hydrogens (tertiary/aromatic N) is 2. The number of hydrogen-bond acceptors (Lipinski definition) is 6. The SMILES string of the molecule is CC1(C)CC(=O)C(=C/C=C2\Sc3ccccc3N2CN2C(=O)c3ccccc3C2=O)C(=O)C1. The van der Waals surface area contributed by atoms with Crippen molar-refractivity contribution in [1.29, 1.82) is 0 Å². The Morgan fingerprint density at radius 3 is 2.03 bits per heavy atom. The number of anilines is 1. The molecule has 1 saturated carbocycles. The van der Waals surface area contributed by atoms with Crippen LogP contribution in [0.15, 0.2) is 76.2 Å². The average Bonchev–Trinajstić information content (AvgIpc) is 3.23. The number of amides is 2. The third-order valence-electron chi connectivity index (χ3n) is 6.07. The molecule has 0 N–H and O–H groups in total. The molecular weight excluding hydrogens is 436 g/mol. The molecule has 0 atom stereocenters. The maximum atomic E-state index is 12.9. The predicted octanol–water partition coefficient (Wildman–Crippen LogP) is 4.58. The van der Waals surface area contributed by atoms with Crippen molar-refractivity contribution in [2.45, 2.75) is 31.6 Å². The first kappa shape index (κ1) is 21.4. The van der Waals surface area contributed by atoms with Gasteiger partial charge in [-0.2, -0.15) is 0 Å². The van der Waals surface area contributed by atoms with Crippen molar-refractivity contribution in [3.8, 4) is 0 Å². The van der Waals surface area contributed by atoms with Crippen molar-refractivity contribution in [3.63, 3.8) is 0 Å². The van der Waals surface area contributed by atoms with Crippen LogP contribution in [-0.2, 0) is 9.59 Å². The molecule has 0 radical (unpaired) electrons. The molecule has 0 unspecified atom stereocenters. The molecule has 7 heteroatoms. The van der Waals surface area contributed by atoms with Gasteiger partial charge in [-0.25, -0.2) is 0 Å². The zero-order valence-corrected chi connectivity index (χ0v) is 19.1. The summed E-state index contributed by atoms with van der Waals surface area (Å²) in [6, 6.07) is 14.5. The lowest BCUT2D eigenvalue weighted by Crippen LogP contribution is -2.39. The lowest BCUT2D eigenvalue weighted by molar-refractivity contribution is -0.127. The van der Waals surface area contributed by atoms with E-state index >= 15 is 0 Å². The lowest BCUT2D eigenvalue weighted by atomic mass is 9.74. The highest BCUT2D eigenvalue weighted by molar-refractivity contribution is 8.03. The Morgan fingerprint density at radius 2 is 1.39 bits per heavy atom. The monoisotopic (exact) mass is 458 g/mol. The van der Waals surface area contributed by atoms with Gasteiger partial charge in [0, 0.05) is 17.7 Å². The fourth-order valence-electron chi connectivity index (χ4n) is 4.45.